The maximum absolute atomic E-state index is 12.1. The number of benzene rings is 1. The highest BCUT2D eigenvalue weighted by atomic mass is 32.2. The monoisotopic (exact) mass is 303 g/mol. The molecule has 1 aromatic heterocycles. The molecule has 0 spiro atoms. The number of nitrogens with two attached hydrogens (primary N) is 1. The molecule has 0 unspecified atom stereocenters. The van der Waals surface area contributed by atoms with E-state index in [0.29, 0.717) is 11.3 Å². The van der Waals surface area contributed by atoms with Gasteiger partial charge in [0.05, 0.1) is 10.6 Å². The van der Waals surface area contributed by atoms with Crippen LogP contribution in [0.5, 0.6) is 0 Å². The lowest BCUT2D eigenvalue weighted by atomic mass is 10.1. The van der Waals surface area contributed by atoms with Crippen LogP contribution in [0.4, 0.5) is 5.69 Å². The van der Waals surface area contributed by atoms with E-state index in [9.17, 15) is 13.2 Å². The van der Waals surface area contributed by atoms with Crippen LogP contribution >= 0.6 is 0 Å². The summed E-state index contributed by atoms with van der Waals surface area (Å²) in [5, 5.41) is 2.68. The first-order valence-corrected chi connectivity index (χ1v) is 7.96. The van der Waals surface area contributed by atoms with Crippen molar-refractivity contribution in [1.29, 1.82) is 0 Å². The molecule has 0 bridgehead atoms. The molecule has 0 saturated carbocycles. The van der Waals surface area contributed by atoms with Crippen molar-refractivity contribution in [1.82, 2.24) is 4.98 Å². The standard InChI is InChI=1S/C14H13N3O3S/c15-12-8-21(19,20)13-7-9(1-2-11(12)13)14(18)17-10-3-5-16-6-4-10/h1-7,12H,8,15H2,(H,16,17,18)/t12-/m1/s1. The molecule has 2 heterocycles. The second kappa shape index (κ2) is 4.94. The molecule has 3 N–H and O–H groups in total. The highest BCUT2D eigenvalue weighted by Gasteiger charge is 2.33. The summed E-state index contributed by atoms with van der Waals surface area (Å²) in [7, 11) is -3.40. The van der Waals surface area contributed by atoms with Gasteiger partial charge in [-0.15, -0.1) is 0 Å². The van der Waals surface area contributed by atoms with E-state index in [-0.39, 0.29) is 22.1 Å². The fourth-order valence-electron chi connectivity index (χ4n) is 2.31. The molecule has 3 rings (SSSR count). The van der Waals surface area contributed by atoms with E-state index in [4.69, 9.17) is 5.73 Å². The summed E-state index contributed by atoms with van der Waals surface area (Å²) in [6.45, 7) is 0. The van der Waals surface area contributed by atoms with Crippen LogP contribution < -0.4 is 11.1 Å². The Morgan fingerprint density at radius 2 is 1.95 bits per heavy atom. The van der Waals surface area contributed by atoms with Gasteiger partial charge in [-0.1, -0.05) is 6.07 Å². The molecular formula is C14H13N3O3S. The summed E-state index contributed by atoms with van der Waals surface area (Å²) >= 11 is 0. The Labute approximate surface area is 121 Å². The van der Waals surface area contributed by atoms with Gasteiger partial charge in [0.15, 0.2) is 9.84 Å². The Morgan fingerprint density at radius 1 is 1.24 bits per heavy atom. The zero-order valence-electron chi connectivity index (χ0n) is 11.0. The minimum absolute atomic E-state index is 0.113. The summed E-state index contributed by atoms with van der Waals surface area (Å²) in [5.41, 5.74) is 7.22. The van der Waals surface area contributed by atoms with Gasteiger partial charge < -0.3 is 11.1 Å². The number of nitrogens with zero attached hydrogens (tertiary/aromatic N) is 1. The van der Waals surface area contributed by atoms with Gasteiger partial charge in [-0.05, 0) is 29.8 Å². The van der Waals surface area contributed by atoms with Gasteiger partial charge in [0.2, 0.25) is 0 Å². The zero-order chi connectivity index (χ0) is 15.0. The Bertz CT molecular complexity index is 803. The molecule has 108 valence electrons. The fraction of sp³-hybridized carbons (Fsp3) is 0.143. The number of hydrogen-bond acceptors (Lipinski definition) is 5. The predicted octanol–water partition coefficient (Wildman–Crippen LogP) is 1.12. The van der Waals surface area contributed by atoms with Crippen LogP contribution in [0, 0.1) is 0 Å². The Morgan fingerprint density at radius 3 is 2.67 bits per heavy atom. The molecule has 1 aliphatic heterocycles. The first kappa shape index (κ1) is 13.7. The smallest absolute Gasteiger partial charge is 0.255 e. The number of pyridine rings is 1. The van der Waals surface area contributed by atoms with Crippen LogP contribution in [-0.2, 0) is 9.84 Å². The van der Waals surface area contributed by atoms with Gasteiger partial charge in [0.25, 0.3) is 5.91 Å². The SMILES string of the molecule is N[C@@H]1CS(=O)(=O)c2cc(C(=O)Nc3ccncc3)ccc21. The molecule has 1 amide bonds. The molecule has 1 aliphatic rings. The van der Waals surface area contributed by atoms with Gasteiger partial charge in [0, 0.05) is 29.7 Å². The number of sulfone groups is 1. The minimum atomic E-state index is -3.40. The van der Waals surface area contributed by atoms with Crippen LogP contribution in [0.25, 0.3) is 0 Å². The van der Waals surface area contributed by atoms with Crippen molar-refractivity contribution in [2.75, 3.05) is 11.1 Å². The number of carbonyl (C=O) groups excluding carboxylic acids is 1. The molecule has 1 atom stereocenters. The molecule has 6 nitrogen and oxygen atoms in total. The van der Waals surface area contributed by atoms with Crippen molar-refractivity contribution in [3.63, 3.8) is 0 Å². The van der Waals surface area contributed by atoms with Crippen molar-refractivity contribution in [3.05, 3.63) is 53.9 Å². The lowest BCUT2D eigenvalue weighted by Gasteiger charge is -2.07. The first-order chi connectivity index (χ1) is 9.97. The number of rotatable bonds is 2. The van der Waals surface area contributed by atoms with Crippen LogP contribution in [0.1, 0.15) is 22.0 Å². The van der Waals surface area contributed by atoms with E-state index in [1.165, 1.54) is 6.07 Å². The average molecular weight is 303 g/mol. The van der Waals surface area contributed by atoms with E-state index < -0.39 is 15.9 Å². The zero-order valence-corrected chi connectivity index (χ0v) is 11.8. The van der Waals surface area contributed by atoms with Gasteiger partial charge in [0.1, 0.15) is 0 Å². The predicted molar refractivity (Wildman–Crippen MR) is 77.6 cm³/mol. The molecule has 0 fully saturated rings. The number of hydrogen-bond donors (Lipinski definition) is 2. The van der Waals surface area contributed by atoms with Crippen LogP contribution in [0.3, 0.4) is 0 Å². The highest BCUT2D eigenvalue weighted by molar-refractivity contribution is 7.91. The molecular weight excluding hydrogens is 290 g/mol. The van der Waals surface area contributed by atoms with E-state index >= 15 is 0 Å². The van der Waals surface area contributed by atoms with E-state index in [2.05, 4.69) is 10.3 Å². The summed E-state index contributed by atoms with van der Waals surface area (Å²) in [4.78, 5) is 16.2. The van der Waals surface area contributed by atoms with E-state index in [1.807, 2.05) is 0 Å². The van der Waals surface area contributed by atoms with Crippen molar-refractivity contribution in [2.24, 2.45) is 5.73 Å². The van der Waals surface area contributed by atoms with Crippen LogP contribution in [0.15, 0.2) is 47.6 Å². The average Bonchev–Trinajstić information content (AvgIpc) is 2.69. The summed E-state index contributed by atoms with van der Waals surface area (Å²) in [6, 6.07) is 7.34. The van der Waals surface area contributed by atoms with Crippen LogP contribution in [0.2, 0.25) is 0 Å². The molecule has 0 aliphatic carbocycles. The Kier molecular flexibility index (Phi) is 3.23. The second-order valence-corrected chi connectivity index (χ2v) is 6.83. The van der Waals surface area contributed by atoms with Crippen LogP contribution in [-0.4, -0.2) is 25.1 Å². The van der Waals surface area contributed by atoms with Gasteiger partial charge in [-0.2, -0.15) is 0 Å². The quantitative estimate of drug-likeness (QED) is 0.865. The second-order valence-electron chi connectivity index (χ2n) is 4.83. The maximum Gasteiger partial charge on any atom is 0.255 e. The molecule has 0 saturated heterocycles. The number of fused-ring (bicyclic) bond motifs is 1. The van der Waals surface area contributed by atoms with Crippen molar-refractivity contribution in [3.8, 4) is 0 Å². The number of carbonyl (C=O) groups is 1. The molecule has 21 heavy (non-hydrogen) atoms. The molecule has 0 radical (unpaired) electrons. The third kappa shape index (κ3) is 2.53. The number of anilines is 1. The first-order valence-electron chi connectivity index (χ1n) is 6.31. The van der Waals surface area contributed by atoms with Gasteiger partial charge in [-0.25, -0.2) is 8.42 Å². The van der Waals surface area contributed by atoms with Crippen molar-refractivity contribution in [2.45, 2.75) is 10.9 Å². The van der Waals surface area contributed by atoms with Gasteiger partial charge in [-0.3, -0.25) is 9.78 Å². The topological polar surface area (TPSA) is 102 Å². The lowest BCUT2D eigenvalue weighted by molar-refractivity contribution is 0.102. The molecule has 2 aromatic rings. The van der Waals surface area contributed by atoms with E-state index in [1.54, 1.807) is 36.7 Å². The van der Waals surface area contributed by atoms with Crippen molar-refractivity contribution >= 4 is 21.4 Å². The number of aromatic nitrogens is 1. The largest absolute Gasteiger partial charge is 0.323 e. The third-order valence-corrected chi connectivity index (χ3v) is 5.17. The molecule has 7 heteroatoms. The Hall–Kier alpha value is -2.25. The highest BCUT2D eigenvalue weighted by Crippen LogP contribution is 2.32. The molecule has 1 aromatic carbocycles. The lowest BCUT2D eigenvalue weighted by Crippen LogP contribution is -2.12. The minimum Gasteiger partial charge on any atom is -0.323 e. The number of amides is 1. The summed E-state index contributed by atoms with van der Waals surface area (Å²) in [6.07, 6.45) is 3.11. The summed E-state index contributed by atoms with van der Waals surface area (Å²) in [5.74, 6) is -0.489. The maximum atomic E-state index is 12.1. The normalized spacial score (nSPS) is 19.0. The van der Waals surface area contributed by atoms with E-state index in [0.717, 1.165) is 0 Å². The summed E-state index contributed by atoms with van der Waals surface area (Å²) < 4.78 is 24.0. The Balaban J connectivity index is 1.93. The fourth-order valence-corrected chi connectivity index (χ4v) is 4.02. The number of nitrogens with one attached hydrogen (secondary N) is 1. The third-order valence-electron chi connectivity index (χ3n) is 3.35. The van der Waals surface area contributed by atoms with Gasteiger partial charge >= 0.3 is 0 Å². The van der Waals surface area contributed by atoms with Crippen molar-refractivity contribution < 1.29 is 13.2 Å².